The summed E-state index contributed by atoms with van der Waals surface area (Å²) < 4.78 is 2.09. The third kappa shape index (κ3) is 17.9. The fourth-order valence-electron chi connectivity index (χ4n) is 4.86. The maximum Gasteiger partial charge on any atom is 0.221 e. The Morgan fingerprint density at radius 3 is 2.39 bits per heavy atom. The van der Waals surface area contributed by atoms with Gasteiger partial charge in [0, 0.05) is 57.6 Å². The Hall–Kier alpha value is -5.07. The number of allylic oxidation sites excluding steroid dienone is 3. The first-order chi connectivity index (χ1) is 24.7. The van der Waals surface area contributed by atoms with Crippen LogP contribution in [0.15, 0.2) is 116 Å². The fourth-order valence-corrected chi connectivity index (χ4v) is 4.86. The van der Waals surface area contributed by atoms with Gasteiger partial charge in [-0.05, 0) is 62.8 Å². The quantitative estimate of drug-likeness (QED) is 0.0395. The van der Waals surface area contributed by atoms with Crippen molar-refractivity contribution in [3.8, 4) is 5.75 Å². The molecule has 0 fully saturated rings. The molecule has 4 rings (SSSR count). The predicted molar refractivity (Wildman–Crippen MR) is 208 cm³/mol. The third-order valence-corrected chi connectivity index (χ3v) is 7.49. The average Bonchev–Trinajstić information content (AvgIpc) is 3.54. The Balaban J connectivity index is 0.000000432. The minimum atomic E-state index is 0.0822. The number of fused-ring (bicyclic) bond motifs is 1. The Kier molecular flexibility index (Phi) is 20.6. The van der Waals surface area contributed by atoms with Crippen LogP contribution in [-0.2, 0) is 29.2 Å². The molecule has 0 radical (unpaired) electrons. The summed E-state index contributed by atoms with van der Waals surface area (Å²) in [5, 5.41) is 23.1. The molecule has 0 aliphatic heterocycles. The largest absolute Gasteiger partial charge is 0.508 e. The minimum Gasteiger partial charge on any atom is -0.508 e. The van der Waals surface area contributed by atoms with Crippen molar-refractivity contribution in [2.45, 2.75) is 58.5 Å². The van der Waals surface area contributed by atoms with Gasteiger partial charge in [0.05, 0.1) is 17.9 Å². The van der Waals surface area contributed by atoms with Crippen molar-refractivity contribution in [2.75, 3.05) is 27.2 Å². The van der Waals surface area contributed by atoms with Crippen LogP contribution in [0.4, 0.5) is 0 Å². The smallest absolute Gasteiger partial charge is 0.221 e. The number of aromatic nitrogens is 2. The molecule has 2 unspecified atom stereocenters. The number of benzene rings is 3. The maximum atomic E-state index is 9.77. The normalized spacial score (nSPS) is 12.2. The molecule has 0 saturated carbocycles. The number of amides is 1. The molecule has 274 valence electrons. The summed E-state index contributed by atoms with van der Waals surface area (Å²) in [6.07, 6.45) is 14.8. The number of phenols is 1. The second-order valence-electron chi connectivity index (χ2n) is 12.1. The van der Waals surface area contributed by atoms with E-state index in [1.165, 1.54) is 27.6 Å². The van der Waals surface area contributed by atoms with Crippen LogP contribution in [-0.4, -0.2) is 76.9 Å². The van der Waals surface area contributed by atoms with Crippen LogP contribution in [0.1, 0.15) is 36.5 Å². The van der Waals surface area contributed by atoms with E-state index < -0.39 is 0 Å². The van der Waals surface area contributed by atoms with E-state index in [9.17, 15) is 9.59 Å². The fraction of sp³-hybridized carbons (Fsp3) is 0.325. The van der Waals surface area contributed by atoms with Gasteiger partial charge in [-0.25, -0.2) is 5.01 Å². The van der Waals surface area contributed by atoms with Gasteiger partial charge in [-0.2, -0.15) is 5.10 Å². The highest BCUT2D eigenvalue weighted by Crippen LogP contribution is 2.20. The summed E-state index contributed by atoms with van der Waals surface area (Å²) in [5.41, 5.74) is 13.0. The molecule has 2 atom stereocenters. The van der Waals surface area contributed by atoms with Gasteiger partial charge in [-0.3, -0.25) is 25.1 Å². The molecule has 11 heteroatoms. The summed E-state index contributed by atoms with van der Waals surface area (Å²) in [6, 6.07) is 24.1. The molecule has 1 heterocycles. The van der Waals surface area contributed by atoms with E-state index in [4.69, 9.17) is 10.8 Å². The molecular weight excluding hydrogens is 640 g/mol. The van der Waals surface area contributed by atoms with Crippen LogP contribution >= 0.6 is 0 Å². The van der Waals surface area contributed by atoms with Crippen LogP contribution < -0.4 is 21.8 Å². The van der Waals surface area contributed by atoms with Crippen molar-refractivity contribution in [2.24, 2.45) is 5.73 Å². The predicted octanol–water partition coefficient (Wildman–Crippen LogP) is 5.04. The van der Waals surface area contributed by atoms with Crippen LogP contribution in [0, 0.1) is 6.92 Å². The monoisotopic (exact) mass is 696 g/mol. The van der Waals surface area contributed by atoms with E-state index in [0.29, 0.717) is 25.1 Å². The number of aromatic hydroxyl groups is 1. The van der Waals surface area contributed by atoms with Gasteiger partial charge < -0.3 is 21.0 Å². The molecule has 0 bridgehead atoms. The molecule has 11 nitrogen and oxygen atoms in total. The Morgan fingerprint density at radius 2 is 1.75 bits per heavy atom. The lowest BCUT2D eigenvalue weighted by Crippen LogP contribution is -2.46. The van der Waals surface area contributed by atoms with Crippen LogP contribution in [0.25, 0.3) is 10.9 Å². The van der Waals surface area contributed by atoms with E-state index in [1.54, 1.807) is 30.4 Å². The summed E-state index contributed by atoms with van der Waals surface area (Å²) in [6.45, 7) is 11.7. The first-order valence-corrected chi connectivity index (χ1v) is 17.1. The van der Waals surface area contributed by atoms with E-state index in [-0.39, 0.29) is 12.2 Å². The SMILES string of the molecule is C=CNC(CN(C)Cc1cccc2c1cnn2CC/C=C\C=C/C(C)N)NCc1ccccc1.CN(CCC=O)NC=O.Cc1ccc(O)cc1. The second-order valence-corrected chi connectivity index (χ2v) is 12.1. The van der Waals surface area contributed by atoms with Gasteiger partial charge >= 0.3 is 0 Å². The van der Waals surface area contributed by atoms with E-state index in [2.05, 4.69) is 99.0 Å². The lowest BCUT2D eigenvalue weighted by atomic mass is 10.1. The number of nitrogens with zero attached hydrogens (tertiary/aromatic N) is 4. The van der Waals surface area contributed by atoms with Crippen molar-refractivity contribution in [3.63, 3.8) is 0 Å². The standard InChI is InChI=1S/C28H38N6.C7H8O.C5H10N2O2/c1-4-30-28(31-19-24-14-9-7-10-15-24)22-33(3)21-25-16-12-17-27-26(25)20-32-34(27)18-11-6-5-8-13-23(2)29;1-6-2-4-7(8)5-3-6;1-7(6-5-9)3-2-4-8/h4-10,12-17,20,23,28,30-31H,1,11,18-19,21-22,29H2,2-3H3;2-5,8H,1H3;4-5H,2-3H2,1H3,(H,6,9)/b6-5-,13-8-;;. The van der Waals surface area contributed by atoms with Crippen molar-refractivity contribution >= 4 is 23.6 Å². The minimum absolute atomic E-state index is 0.0822. The number of carbonyl (C=O) groups is 2. The lowest BCUT2D eigenvalue weighted by molar-refractivity contribution is -0.114. The summed E-state index contributed by atoms with van der Waals surface area (Å²) in [7, 11) is 3.84. The third-order valence-electron chi connectivity index (χ3n) is 7.49. The second kappa shape index (κ2) is 25.0. The number of phenolic OH excluding ortho intramolecular Hbond substituents is 1. The summed E-state index contributed by atoms with van der Waals surface area (Å²) in [4.78, 5) is 21.8. The van der Waals surface area contributed by atoms with Gasteiger partial charge in [-0.1, -0.05) is 91.0 Å². The number of hydrazine groups is 1. The van der Waals surface area contributed by atoms with E-state index >= 15 is 0 Å². The average molecular weight is 697 g/mol. The Labute approximate surface area is 303 Å². The molecule has 3 aromatic carbocycles. The van der Waals surface area contributed by atoms with Crippen LogP contribution in [0.3, 0.4) is 0 Å². The molecule has 0 aliphatic carbocycles. The maximum absolute atomic E-state index is 9.77. The van der Waals surface area contributed by atoms with Crippen LogP contribution in [0.5, 0.6) is 5.75 Å². The Morgan fingerprint density at radius 1 is 1.00 bits per heavy atom. The molecule has 6 N–H and O–H groups in total. The molecule has 0 saturated heterocycles. The van der Waals surface area contributed by atoms with E-state index in [0.717, 1.165) is 38.9 Å². The number of hydrogen-bond acceptors (Lipinski definition) is 9. The van der Waals surface area contributed by atoms with Gasteiger partial charge in [-0.15, -0.1) is 0 Å². The highest BCUT2D eigenvalue weighted by molar-refractivity contribution is 5.82. The molecule has 1 amide bonds. The van der Waals surface area contributed by atoms with Crippen molar-refractivity contribution < 1.29 is 14.7 Å². The number of aldehydes is 1. The lowest BCUT2D eigenvalue weighted by Gasteiger charge is -2.25. The molecule has 0 aliphatic rings. The highest BCUT2D eigenvalue weighted by Gasteiger charge is 2.13. The Bertz CT molecular complexity index is 1580. The first-order valence-electron chi connectivity index (χ1n) is 17.1. The summed E-state index contributed by atoms with van der Waals surface area (Å²) >= 11 is 0. The molecule has 51 heavy (non-hydrogen) atoms. The zero-order valence-electron chi connectivity index (χ0n) is 30.5. The zero-order valence-corrected chi connectivity index (χ0v) is 30.5. The van der Waals surface area contributed by atoms with Crippen molar-refractivity contribution in [1.82, 2.24) is 35.7 Å². The summed E-state index contributed by atoms with van der Waals surface area (Å²) in [5.74, 6) is 0.329. The molecule has 0 spiro atoms. The number of rotatable bonds is 19. The van der Waals surface area contributed by atoms with Gasteiger partial charge in [0.2, 0.25) is 6.41 Å². The molecule has 4 aromatic rings. The molecular formula is C40H56N8O3. The first kappa shape index (κ1) is 42.1. The van der Waals surface area contributed by atoms with Crippen LogP contribution in [0.2, 0.25) is 0 Å². The van der Waals surface area contributed by atoms with Crippen molar-refractivity contribution in [1.29, 1.82) is 0 Å². The molecule has 1 aromatic heterocycles. The van der Waals surface area contributed by atoms with E-state index in [1.807, 2.05) is 50.4 Å². The van der Waals surface area contributed by atoms with Gasteiger partial charge in [0.25, 0.3) is 0 Å². The number of likely N-dealkylation sites (N-methyl/N-ethyl adjacent to an activating group) is 1. The number of nitrogens with one attached hydrogen (secondary N) is 3. The van der Waals surface area contributed by atoms with Crippen molar-refractivity contribution in [3.05, 3.63) is 133 Å². The van der Waals surface area contributed by atoms with Gasteiger partial charge in [0.15, 0.2) is 0 Å². The number of aryl methyl sites for hydroxylation is 2. The van der Waals surface area contributed by atoms with Gasteiger partial charge in [0.1, 0.15) is 12.0 Å². The number of carbonyl (C=O) groups excluding carboxylic acids is 2. The zero-order chi connectivity index (χ0) is 37.3. The number of nitrogens with two attached hydrogens (primary N) is 1. The topological polar surface area (TPSA) is 141 Å². The highest BCUT2D eigenvalue weighted by atomic mass is 16.3. The number of hydrogen-bond donors (Lipinski definition) is 5.